The lowest BCUT2D eigenvalue weighted by molar-refractivity contribution is -0.130. The van der Waals surface area contributed by atoms with Crippen LogP contribution in [-0.2, 0) is 25.9 Å². The lowest BCUT2D eigenvalue weighted by atomic mass is 10.1. The fraction of sp³-hybridized carbons (Fsp3) is 0.625. The number of hydrogen-bond acceptors (Lipinski definition) is 4. The standard InChI is InChI=1S/C16H27NO4S/c1-4-7-8-14-9-11-15(12-10-14)22(18,19)17-13-16(20-5-2)21-6-3/h9-12,16-17H,4-8,13H2,1-3H3. The first kappa shape index (κ1) is 19.1. The van der Waals surface area contributed by atoms with Gasteiger partial charge in [-0.2, -0.15) is 0 Å². The van der Waals surface area contributed by atoms with E-state index in [-0.39, 0.29) is 11.4 Å². The SMILES string of the molecule is CCCCc1ccc(S(=O)(=O)NCC(OCC)OCC)cc1. The Morgan fingerprint density at radius 1 is 1.05 bits per heavy atom. The minimum atomic E-state index is -3.54. The lowest BCUT2D eigenvalue weighted by Gasteiger charge is -2.17. The monoisotopic (exact) mass is 329 g/mol. The molecule has 1 aromatic carbocycles. The lowest BCUT2D eigenvalue weighted by Crippen LogP contribution is -2.35. The zero-order chi connectivity index (χ0) is 16.4. The van der Waals surface area contributed by atoms with Gasteiger partial charge in [0.2, 0.25) is 10.0 Å². The molecule has 0 unspecified atom stereocenters. The molecule has 1 aromatic rings. The molecule has 0 heterocycles. The summed E-state index contributed by atoms with van der Waals surface area (Å²) in [5, 5.41) is 0. The van der Waals surface area contributed by atoms with E-state index >= 15 is 0 Å². The van der Waals surface area contributed by atoms with Crippen molar-refractivity contribution in [3.05, 3.63) is 29.8 Å². The van der Waals surface area contributed by atoms with Crippen molar-refractivity contribution in [3.8, 4) is 0 Å². The van der Waals surface area contributed by atoms with Crippen LogP contribution in [-0.4, -0.2) is 34.5 Å². The van der Waals surface area contributed by atoms with Gasteiger partial charge in [-0.15, -0.1) is 0 Å². The predicted octanol–water partition coefficient (Wildman–Crippen LogP) is 2.71. The van der Waals surface area contributed by atoms with Crippen molar-refractivity contribution in [1.82, 2.24) is 4.72 Å². The molecule has 0 radical (unpaired) electrons. The molecule has 0 atom stereocenters. The van der Waals surface area contributed by atoms with Crippen molar-refractivity contribution in [2.45, 2.75) is 51.2 Å². The zero-order valence-electron chi connectivity index (χ0n) is 13.7. The maximum Gasteiger partial charge on any atom is 0.240 e. The molecule has 5 nitrogen and oxygen atoms in total. The predicted molar refractivity (Wildman–Crippen MR) is 87.3 cm³/mol. The van der Waals surface area contributed by atoms with Gasteiger partial charge >= 0.3 is 0 Å². The smallest absolute Gasteiger partial charge is 0.240 e. The second-order valence-corrected chi connectivity index (χ2v) is 6.71. The van der Waals surface area contributed by atoms with Crippen LogP contribution >= 0.6 is 0 Å². The number of aryl methyl sites for hydroxylation is 1. The largest absolute Gasteiger partial charge is 0.352 e. The molecule has 0 aliphatic rings. The van der Waals surface area contributed by atoms with E-state index in [1.165, 1.54) is 0 Å². The summed E-state index contributed by atoms with van der Waals surface area (Å²) in [4.78, 5) is 0.263. The summed E-state index contributed by atoms with van der Waals surface area (Å²) < 4.78 is 37.7. The molecule has 0 aliphatic carbocycles. The molecule has 1 rings (SSSR count). The van der Waals surface area contributed by atoms with Crippen LogP contribution in [0.5, 0.6) is 0 Å². The Bertz CT molecular complexity index is 507. The van der Waals surface area contributed by atoms with Crippen LogP contribution in [0.2, 0.25) is 0 Å². The van der Waals surface area contributed by atoms with E-state index in [0.29, 0.717) is 13.2 Å². The van der Waals surface area contributed by atoms with Gasteiger partial charge in [-0.1, -0.05) is 25.5 Å². The van der Waals surface area contributed by atoms with Crippen LogP contribution in [0.15, 0.2) is 29.2 Å². The number of hydrogen-bond donors (Lipinski definition) is 1. The second kappa shape index (κ2) is 9.94. The topological polar surface area (TPSA) is 64.6 Å². The quantitative estimate of drug-likeness (QED) is 0.634. The molecule has 0 aliphatic heterocycles. The summed E-state index contributed by atoms with van der Waals surface area (Å²) in [6.07, 6.45) is 2.64. The number of nitrogens with one attached hydrogen (secondary N) is 1. The van der Waals surface area contributed by atoms with Crippen LogP contribution < -0.4 is 4.72 Å². The molecule has 126 valence electrons. The van der Waals surface area contributed by atoms with E-state index in [9.17, 15) is 8.42 Å². The van der Waals surface area contributed by atoms with Crippen LogP contribution in [0.25, 0.3) is 0 Å². The van der Waals surface area contributed by atoms with Crippen molar-refractivity contribution >= 4 is 10.0 Å². The van der Waals surface area contributed by atoms with Gasteiger partial charge in [0, 0.05) is 13.2 Å². The molecule has 6 heteroatoms. The Labute approximate surface area is 134 Å². The Hall–Kier alpha value is -0.950. The van der Waals surface area contributed by atoms with Gasteiger partial charge < -0.3 is 9.47 Å². The number of rotatable bonds is 11. The highest BCUT2D eigenvalue weighted by molar-refractivity contribution is 7.89. The Kier molecular flexibility index (Phi) is 8.63. The molecule has 0 spiro atoms. The highest BCUT2D eigenvalue weighted by Crippen LogP contribution is 2.12. The minimum absolute atomic E-state index is 0.0988. The van der Waals surface area contributed by atoms with Crippen molar-refractivity contribution < 1.29 is 17.9 Å². The van der Waals surface area contributed by atoms with E-state index in [4.69, 9.17) is 9.47 Å². The van der Waals surface area contributed by atoms with E-state index in [0.717, 1.165) is 24.8 Å². The maximum absolute atomic E-state index is 12.2. The normalized spacial score (nSPS) is 12.0. The van der Waals surface area contributed by atoms with Crippen molar-refractivity contribution in [2.24, 2.45) is 0 Å². The van der Waals surface area contributed by atoms with Gasteiger partial charge in [-0.25, -0.2) is 13.1 Å². The average molecular weight is 329 g/mol. The van der Waals surface area contributed by atoms with E-state index < -0.39 is 16.3 Å². The summed E-state index contributed by atoms with van der Waals surface area (Å²) in [7, 11) is -3.54. The molecule has 0 aromatic heterocycles. The summed E-state index contributed by atoms with van der Waals surface area (Å²) in [6.45, 7) is 6.86. The Morgan fingerprint density at radius 2 is 1.64 bits per heavy atom. The third-order valence-corrected chi connectivity index (χ3v) is 4.64. The van der Waals surface area contributed by atoms with Gasteiger partial charge in [0.1, 0.15) is 0 Å². The second-order valence-electron chi connectivity index (χ2n) is 4.94. The number of unbranched alkanes of at least 4 members (excludes halogenated alkanes) is 1. The van der Waals surface area contributed by atoms with Crippen LogP contribution in [0.3, 0.4) is 0 Å². The Balaban J connectivity index is 2.64. The van der Waals surface area contributed by atoms with E-state index in [2.05, 4.69) is 11.6 Å². The molecular weight excluding hydrogens is 302 g/mol. The van der Waals surface area contributed by atoms with Crippen LogP contribution in [0.4, 0.5) is 0 Å². The van der Waals surface area contributed by atoms with Gasteiger partial charge in [0.25, 0.3) is 0 Å². The summed E-state index contributed by atoms with van der Waals surface area (Å²) in [5.74, 6) is 0. The molecule has 22 heavy (non-hydrogen) atoms. The van der Waals surface area contributed by atoms with Gasteiger partial charge in [0.15, 0.2) is 6.29 Å². The molecule has 1 N–H and O–H groups in total. The molecule has 0 fully saturated rings. The number of sulfonamides is 1. The molecule has 0 amide bonds. The van der Waals surface area contributed by atoms with E-state index in [1.54, 1.807) is 12.1 Å². The average Bonchev–Trinajstić information content (AvgIpc) is 2.51. The molecule has 0 saturated heterocycles. The highest BCUT2D eigenvalue weighted by atomic mass is 32.2. The summed E-state index contributed by atoms with van der Waals surface area (Å²) >= 11 is 0. The summed E-state index contributed by atoms with van der Waals surface area (Å²) in [6, 6.07) is 7.02. The van der Waals surface area contributed by atoms with Crippen molar-refractivity contribution in [1.29, 1.82) is 0 Å². The third kappa shape index (κ3) is 6.44. The number of ether oxygens (including phenoxy) is 2. The van der Waals surface area contributed by atoms with Gasteiger partial charge in [-0.3, -0.25) is 0 Å². The first-order valence-corrected chi connectivity index (χ1v) is 9.33. The zero-order valence-corrected chi connectivity index (χ0v) is 14.5. The molecule has 0 bridgehead atoms. The molecular formula is C16H27NO4S. The maximum atomic E-state index is 12.2. The van der Waals surface area contributed by atoms with Crippen LogP contribution in [0, 0.1) is 0 Å². The molecule has 0 saturated carbocycles. The highest BCUT2D eigenvalue weighted by Gasteiger charge is 2.17. The van der Waals surface area contributed by atoms with Gasteiger partial charge in [0.05, 0.1) is 11.4 Å². The Morgan fingerprint density at radius 3 is 2.14 bits per heavy atom. The van der Waals surface area contributed by atoms with E-state index in [1.807, 2.05) is 26.0 Å². The fourth-order valence-corrected chi connectivity index (χ4v) is 3.03. The number of benzene rings is 1. The first-order valence-electron chi connectivity index (χ1n) is 7.85. The van der Waals surface area contributed by atoms with Crippen molar-refractivity contribution in [3.63, 3.8) is 0 Å². The summed E-state index contributed by atoms with van der Waals surface area (Å²) in [5.41, 5.74) is 1.15. The fourth-order valence-electron chi connectivity index (χ4n) is 2.02. The van der Waals surface area contributed by atoms with Gasteiger partial charge in [-0.05, 0) is 44.4 Å². The van der Waals surface area contributed by atoms with Crippen molar-refractivity contribution in [2.75, 3.05) is 19.8 Å². The third-order valence-electron chi connectivity index (χ3n) is 3.20. The minimum Gasteiger partial charge on any atom is -0.352 e. The first-order chi connectivity index (χ1) is 10.5. The van der Waals surface area contributed by atoms with Crippen LogP contribution in [0.1, 0.15) is 39.2 Å².